The topological polar surface area (TPSA) is 91.8 Å². The number of carbonyl (C=O) groups is 1. The van der Waals surface area contributed by atoms with E-state index in [1.54, 1.807) is 0 Å². The number of nitro groups is 1. The molecule has 0 unspecified atom stereocenters. The van der Waals surface area contributed by atoms with Crippen molar-refractivity contribution in [3.8, 4) is 17.3 Å². The number of nitrogens with zero attached hydrogens (tertiary/aromatic N) is 1. The zero-order valence-corrected chi connectivity index (χ0v) is 10.8. The maximum absolute atomic E-state index is 11.5. The first-order valence-electron chi connectivity index (χ1n) is 5.57. The van der Waals surface area contributed by atoms with Gasteiger partial charge in [-0.2, -0.15) is 0 Å². The Bertz CT molecular complexity index is 643. The second kappa shape index (κ2) is 5.43. The molecule has 0 saturated heterocycles. The van der Waals surface area contributed by atoms with Crippen LogP contribution in [0, 0.1) is 10.1 Å². The van der Waals surface area contributed by atoms with Crippen LogP contribution in [-0.4, -0.2) is 25.1 Å². The van der Waals surface area contributed by atoms with Gasteiger partial charge in [0.2, 0.25) is 0 Å². The molecule has 0 N–H and O–H groups in total. The van der Waals surface area contributed by atoms with Gasteiger partial charge in [0, 0.05) is 23.8 Å². The number of furan rings is 1. The van der Waals surface area contributed by atoms with E-state index in [1.807, 2.05) is 0 Å². The molecule has 2 rings (SSSR count). The van der Waals surface area contributed by atoms with Crippen LogP contribution in [0.4, 0.5) is 5.69 Å². The lowest BCUT2D eigenvalue weighted by Gasteiger charge is -1.97. The van der Waals surface area contributed by atoms with Crippen LogP contribution < -0.4 is 4.74 Å². The Morgan fingerprint density at radius 3 is 2.40 bits per heavy atom. The molecule has 7 heteroatoms. The third-order valence-electron chi connectivity index (χ3n) is 2.65. The van der Waals surface area contributed by atoms with Crippen LogP contribution >= 0.6 is 0 Å². The molecule has 0 spiro atoms. The highest BCUT2D eigenvalue weighted by Gasteiger charge is 2.20. The molecular formula is C13H11NO6. The molecule has 2 aromatic rings. The van der Waals surface area contributed by atoms with E-state index in [1.165, 1.54) is 44.6 Å². The van der Waals surface area contributed by atoms with Crippen LogP contribution in [0.5, 0.6) is 5.95 Å². The van der Waals surface area contributed by atoms with Gasteiger partial charge in [-0.05, 0) is 12.1 Å². The molecule has 20 heavy (non-hydrogen) atoms. The molecule has 0 aliphatic heterocycles. The van der Waals surface area contributed by atoms with Crippen LogP contribution in [-0.2, 0) is 4.74 Å². The van der Waals surface area contributed by atoms with Gasteiger partial charge in [0.15, 0.2) is 0 Å². The number of rotatable bonds is 4. The van der Waals surface area contributed by atoms with Crippen LogP contribution in [0.25, 0.3) is 11.3 Å². The Hall–Kier alpha value is -2.83. The molecule has 0 radical (unpaired) electrons. The summed E-state index contributed by atoms with van der Waals surface area (Å²) >= 11 is 0. The first-order chi connectivity index (χ1) is 9.56. The Morgan fingerprint density at radius 2 is 1.90 bits per heavy atom. The van der Waals surface area contributed by atoms with E-state index in [4.69, 9.17) is 9.15 Å². The van der Waals surface area contributed by atoms with Gasteiger partial charge in [-0.25, -0.2) is 4.79 Å². The van der Waals surface area contributed by atoms with Crippen molar-refractivity contribution in [2.45, 2.75) is 0 Å². The quantitative estimate of drug-likeness (QED) is 0.484. The summed E-state index contributed by atoms with van der Waals surface area (Å²) in [6.45, 7) is 0. The predicted molar refractivity (Wildman–Crippen MR) is 68.7 cm³/mol. The summed E-state index contributed by atoms with van der Waals surface area (Å²) < 4.78 is 14.9. The van der Waals surface area contributed by atoms with Gasteiger partial charge in [0.1, 0.15) is 11.3 Å². The number of ether oxygens (including phenoxy) is 2. The van der Waals surface area contributed by atoms with E-state index in [0.717, 1.165) is 0 Å². The maximum atomic E-state index is 11.5. The fourth-order valence-corrected chi connectivity index (χ4v) is 1.67. The zero-order chi connectivity index (χ0) is 14.7. The minimum Gasteiger partial charge on any atom is -0.468 e. The van der Waals surface area contributed by atoms with Crippen molar-refractivity contribution in [2.24, 2.45) is 0 Å². The molecule has 0 atom stereocenters. The third-order valence-corrected chi connectivity index (χ3v) is 2.65. The lowest BCUT2D eigenvalue weighted by atomic mass is 10.1. The molecule has 1 heterocycles. The second-order valence-electron chi connectivity index (χ2n) is 3.81. The average molecular weight is 277 g/mol. The summed E-state index contributed by atoms with van der Waals surface area (Å²) in [5, 5.41) is 10.6. The molecule has 0 aliphatic carbocycles. The fraction of sp³-hybridized carbons (Fsp3) is 0.154. The van der Waals surface area contributed by atoms with E-state index < -0.39 is 10.9 Å². The van der Waals surface area contributed by atoms with E-state index in [-0.39, 0.29) is 17.2 Å². The standard InChI is InChI=1S/C13H11NO6/c1-18-12(15)10-7-11(20-13(10)19-2)8-3-5-9(6-4-8)14(16)17/h3-7H,1-2H3. The number of hydrogen-bond acceptors (Lipinski definition) is 6. The second-order valence-corrected chi connectivity index (χ2v) is 3.81. The largest absolute Gasteiger partial charge is 0.468 e. The lowest BCUT2D eigenvalue weighted by Crippen LogP contribution is -2.01. The Labute approximate surface area is 113 Å². The van der Waals surface area contributed by atoms with Gasteiger partial charge in [0.25, 0.3) is 11.6 Å². The van der Waals surface area contributed by atoms with Gasteiger partial charge in [0.05, 0.1) is 19.1 Å². The highest BCUT2D eigenvalue weighted by Crippen LogP contribution is 2.31. The maximum Gasteiger partial charge on any atom is 0.345 e. The van der Waals surface area contributed by atoms with Gasteiger partial charge in [-0.15, -0.1) is 0 Å². The third kappa shape index (κ3) is 2.46. The Morgan fingerprint density at radius 1 is 1.25 bits per heavy atom. The Balaban J connectivity index is 2.40. The normalized spacial score (nSPS) is 10.1. The average Bonchev–Trinajstić information content (AvgIpc) is 2.90. The fourth-order valence-electron chi connectivity index (χ4n) is 1.67. The van der Waals surface area contributed by atoms with Crippen molar-refractivity contribution >= 4 is 11.7 Å². The summed E-state index contributed by atoms with van der Waals surface area (Å²) in [6, 6.07) is 7.21. The van der Waals surface area contributed by atoms with Crippen molar-refractivity contribution in [3.63, 3.8) is 0 Å². The van der Waals surface area contributed by atoms with Crippen molar-refractivity contribution in [1.29, 1.82) is 0 Å². The first kappa shape index (κ1) is 13.6. The van der Waals surface area contributed by atoms with Gasteiger partial charge in [-0.1, -0.05) is 0 Å². The minimum atomic E-state index is -0.584. The Kier molecular flexibility index (Phi) is 3.69. The molecule has 0 saturated carbocycles. The van der Waals surface area contributed by atoms with Gasteiger partial charge in [-0.3, -0.25) is 10.1 Å². The van der Waals surface area contributed by atoms with Crippen LogP contribution in [0.2, 0.25) is 0 Å². The first-order valence-corrected chi connectivity index (χ1v) is 5.57. The molecule has 0 aliphatic rings. The van der Waals surface area contributed by atoms with E-state index in [0.29, 0.717) is 11.3 Å². The number of hydrogen-bond donors (Lipinski definition) is 0. The van der Waals surface area contributed by atoms with Crippen molar-refractivity contribution < 1.29 is 23.6 Å². The summed E-state index contributed by atoms with van der Waals surface area (Å²) in [7, 11) is 2.62. The molecule has 7 nitrogen and oxygen atoms in total. The number of methoxy groups -OCH3 is 2. The molecule has 0 amide bonds. The lowest BCUT2D eigenvalue weighted by molar-refractivity contribution is -0.384. The molecular weight excluding hydrogens is 266 g/mol. The smallest absolute Gasteiger partial charge is 0.345 e. The predicted octanol–water partition coefficient (Wildman–Crippen LogP) is 2.65. The van der Waals surface area contributed by atoms with Crippen molar-refractivity contribution in [1.82, 2.24) is 0 Å². The van der Waals surface area contributed by atoms with E-state index in [2.05, 4.69) is 4.74 Å². The molecule has 1 aromatic carbocycles. The molecule has 0 fully saturated rings. The number of carbonyl (C=O) groups excluding carboxylic acids is 1. The molecule has 104 valence electrons. The van der Waals surface area contributed by atoms with E-state index in [9.17, 15) is 14.9 Å². The molecule has 0 bridgehead atoms. The monoisotopic (exact) mass is 277 g/mol. The number of benzene rings is 1. The van der Waals surface area contributed by atoms with Crippen LogP contribution in [0.3, 0.4) is 0 Å². The van der Waals surface area contributed by atoms with Gasteiger partial charge >= 0.3 is 5.97 Å². The summed E-state index contributed by atoms with van der Waals surface area (Å²) in [5.41, 5.74) is 0.716. The highest BCUT2D eigenvalue weighted by molar-refractivity contribution is 5.93. The molecule has 1 aromatic heterocycles. The SMILES string of the molecule is COC(=O)c1cc(-c2ccc([N+](=O)[O-])cc2)oc1OC. The summed E-state index contributed by atoms with van der Waals surface area (Å²) in [6.07, 6.45) is 0. The summed E-state index contributed by atoms with van der Waals surface area (Å²) in [4.78, 5) is 21.6. The van der Waals surface area contributed by atoms with Gasteiger partial charge < -0.3 is 13.9 Å². The van der Waals surface area contributed by atoms with Crippen molar-refractivity contribution in [2.75, 3.05) is 14.2 Å². The number of esters is 1. The van der Waals surface area contributed by atoms with Crippen LogP contribution in [0.1, 0.15) is 10.4 Å². The summed E-state index contributed by atoms with van der Waals surface area (Å²) in [5.74, 6) is -0.193. The highest BCUT2D eigenvalue weighted by atomic mass is 16.6. The minimum absolute atomic E-state index is 0.0273. The zero-order valence-electron chi connectivity index (χ0n) is 10.8. The van der Waals surface area contributed by atoms with Crippen LogP contribution in [0.15, 0.2) is 34.7 Å². The number of non-ortho nitro benzene ring substituents is 1. The van der Waals surface area contributed by atoms with Crippen molar-refractivity contribution in [3.05, 3.63) is 46.0 Å². The number of nitro benzene ring substituents is 1. The van der Waals surface area contributed by atoms with E-state index >= 15 is 0 Å².